The van der Waals surface area contributed by atoms with E-state index in [4.69, 9.17) is 10.5 Å². The highest BCUT2D eigenvalue weighted by atomic mass is 127. The third kappa shape index (κ3) is 7.30. The Morgan fingerprint density at radius 2 is 2.10 bits per heavy atom. The minimum absolute atomic E-state index is 0. The van der Waals surface area contributed by atoms with Crippen LogP contribution in [0.5, 0.6) is 11.5 Å². The Kier molecular flexibility index (Phi) is 9.76. The number of benzene rings is 1. The Morgan fingerprint density at radius 3 is 2.67 bits per heavy atom. The minimum atomic E-state index is -2.90. The highest BCUT2D eigenvalue weighted by Crippen LogP contribution is 2.29. The van der Waals surface area contributed by atoms with Crippen molar-refractivity contribution in [3.63, 3.8) is 0 Å². The van der Waals surface area contributed by atoms with Gasteiger partial charge in [0.1, 0.15) is 0 Å². The fraction of sp³-hybridized carbons (Fsp3) is 0.462. The molecule has 0 spiro atoms. The number of guanidine groups is 1. The molecule has 8 heteroatoms. The molecule has 0 fully saturated rings. The monoisotopic (exact) mass is 415 g/mol. The summed E-state index contributed by atoms with van der Waals surface area (Å²) in [6.45, 7) is 0.112. The second-order valence-electron chi connectivity index (χ2n) is 3.99. The molecule has 0 aromatic heterocycles. The molecule has 0 saturated heterocycles. The van der Waals surface area contributed by atoms with Crippen LogP contribution >= 0.6 is 24.0 Å². The predicted molar refractivity (Wildman–Crippen MR) is 88.7 cm³/mol. The molecule has 0 heterocycles. The normalized spacial score (nSPS) is 11.0. The lowest BCUT2D eigenvalue weighted by atomic mass is 10.2. The smallest absolute Gasteiger partial charge is 0.387 e. The SMILES string of the molecule is CCCNC(N)=NCc1ccc(OC)c(OC(F)F)c1.I. The van der Waals surface area contributed by atoms with Crippen molar-refractivity contribution in [1.82, 2.24) is 5.32 Å². The van der Waals surface area contributed by atoms with Gasteiger partial charge in [0.05, 0.1) is 13.7 Å². The highest BCUT2D eigenvalue weighted by molar-refractivity contribution is 14.0. The molecular formula is C13H20F2IN3O2. The van der Waals surface area contributed by atoms with Crippen molar-refractivity contribution in [2.24, 2.45) is 10.7 Å². The molecule has 0 unspecified atom stereocenters. The van der Waals surface area contributed by atoms with Crippen molar-refractivity contribution in [1.29, 1.82) is 0 Å². The van der Waals surface area contributed by atoms with Crippen molar-refractivity contribution in [2.45, 2.75) is 26.5 Å². The van der Waals surface area contributed by atoms with Crippen molar-refractivity contribution in [3.05, 3.63) is 23.8 Å². The average Bonchev–Trinajstić information content (AvgIpc) is 2.42. The minimum Gasteiger partial charge on any atom is -0.493 e. The first-order chi connectivity index (χ1) is 9.56. The van der Waals surface area contributed by atoms with Crippen LogP contribution in [0.2, 0.25) is 0 Å². The van der Waals surface area contributed by atoms with Crippen LogP contribution in [0, 0.1) is 0 Å². The Balaban J connectivity index is 0.00000400. The maximum Gasteiger partial charge on any atom is 0.387 e. The molecule has 0 saturated carbocycles. The zero-order valence-corrected chi connectivity index (χ0v) is 14.3. The Hall–Kier alpha value is -1.32. The van der Waals surface area contributed by atoms with Gasteiger partial charge < -0.3 is 20.5 Å². The van der Waals surface area contributed by atoms with Gasteiger partial charge in [0.25, 0.3) is 0 Å². The highest BCUT2D eigenvalue weighted by Gasteiger charge is 2.11. The second-order valence-corrected chi connectivity index (χ2v) is 3.99. The standard InChI is InChI=1S/C13H19F2N3O2.HI/c1-3-6-17-13(16)18-8-9-4-5-10(19-2)11(7-9)20-12(14)15;/h4-5,7,12H,3,6,8H2,1-2H3,(H3,16,17,18);1H. The largest absolute Gasteiger partial charge is 0.493 e. The summed E-state index contributed by atoms with van der Waals surface area (Å²) in [6.07, 6.45) is 0.936. The third-order valence-corrected chi connectivity index (χ3v) is 2.43. The lowest BCUT2D eigenvalue weighted by Crippen LogP contribution is -2.32. The van der Waals surface area contributed by atoms with Gasteiger partial charge in [-0.25, -0.2) is 4.99 Å². The summed E-state index contributed by atoms with van der Waals surface area (Å²) >= 11 is 0. The van der Waals surface area contributed by atoms with Crippen molar-refractivity contribution in [3.8, 4) is 11.5 Å². The first-order valence-electron chi connectivity index (χ1n) is 6.22. The Morgan fingerprint density at radius 1 is 1.38 bits per heavy atom. The van der Waals surface area contributed by atoms with Crippen LogP contribution in [-0.4, -0.2) is 26.2 Å². The molecule has 0 radical (unpaired) electrons. The van der Waals surface area contributed by atoms with Crippen LogP contribution in [0.1, 0.15) is 18.9 Å². The fourth-order valence-electron chi connectivity index (χ4n) is 1.49. The van der Waals surface area contributed by atoms with E-state index in [9.17, 15) is 8.78 Å². The summed E-state index contributed by atoms with van der Waals surface area (Å²) in [4.78, 5) is 4.11. The molecule has 120 valence electrons. The summed E-state index contributed by atoms with van der Waals surface area (Å²) in [5, 5.41) is 2.92. The zero-order valence-electron chi connectivity index (χ0n) is 11.9. The molecule has 1 aromatic carbocycles. The number of ether oxygens (including phenoxy) is 2. The summed E-state index contributed by atoms with van der Waals surface area (Å²) in [6, 6.07) is 4.73. The van der Waals surface area contributed by atoms with Gasteiger partial charge in [-0.3, -0.25) is 0 Å². The molecule has 0 aliphatic heterocycles. The Bertz CT molecular complexity index is 459. The summed E-state index contributed by atoms with van der Waals surface area (Å²) in [5.74, 6) is 0.546. The van der Waals surface area contributed by atoms with E-state index in [0.717, 1.165) is 13.0 Å². The van der Waals surface area contributed by atoms with E-state index in [2.05, 4.69) is 15.0 Å². The zero-order chi connectivity index (χ0) is 15.0. The lowest BCUT2D eigenvalue weighted by Gasteiger charge is -2.11. The van der Waals surface area contributed by atoms with Gasteiger partial charge in [-0.05, 0) is 24.1 Å². The van der Waals surface area contributed by atoms with Gasteiger partial charge >= 0.3 is 6.61 Å². The number of methoxy groups -OCH3 is 1. The first kappa shape index (κ1) is 19.7. The number of alkyl halides is 2. The van der Waals surface area contributed by atoms with E-state index in [1.54, 1.807) is 12.1 Å². The van der Waals surface area contributed by atoms with Crippen LogP contribution in [-0.2, 0) is 6.54 Å². The van der Waals surface area contributed by atoms with E-state index in [1.165, 1.54) is 13.2 Å². The van der Waals surface area contributed by atoms with E-state index in [0.29, 0.717) is 11.5 Å². The van der Waals surface area contributed by atoms with Gasteiger partial charge in [0.15, 0.2) is 17.5 Å². The van der Waals surface area contributed by atoms with Crippen molar-refractivity contribution >= 4 is 29.9 Å². The molecule has 1 rings (SSSR count). The molecule has 1 aromatic rings. The maximum atomic E-state index is 12.3. The number of hydrogen-bond donors (Lipinski definition) is 2. The van der Waals surface area contributed by atoms with Crippen LogP contribution in [0.3, 0.4) is 0 Å². The molecule has 21 heavy (non-hydrogen) atoms. The van der Waals surface area contributed by atoms with Crippen molar-refractivity contribution in [2.75, 3.05) is 13.7 Å². The van der Waals surface area contributed by atoms with Gasteiger partial charge in [-0.2, -0.15) is 8.78 Å². The molecule has 0 aliphatic carbocycles. The molecule has 0 bridgehead atoms. The molecule has 5 nitrogen and oxygen atoms in total. The van der Waals surface area contributed by atoms with Crippen molar-refractivity contribution < 1.29 is 18.3 Å². The van der Waals surface area contributed by atoms with Crippen LogP contribution in [0.15, 0.2) is 23.2 Å². The van der Waals surface area contributed by atoms with E-state index >= 15 is 0 Å². The van der Waals surface area contributed by atoms with Gasteiger partial charge in [0.2, 0.25) is 0 Å². The molecule has 3 N–H and O–H groups in total. The number of hydrogen-bond acceptors (Lipinski definition) is 3. The van der Waals surface area contributed by atoms with Crippen LogP contribution < -0.4 is 20.5 Å². The number of nitrogens with one attached hydrogen (secondary N) is 1. The first-order valence-corrected chi connectivity index (χ1v) is 6.22. The van der Waals surface area contributed by atoms with E-state index in [-0.39, 0.29) is 42.0 Å². The van der Waals surface area contributed by atoms with Crippen LogP contribution in [0.25, 0.3) is 0 Å². The summed E-state index contributed by atoms with van der Waals surface area (Å²) < 4.78 is 33.9. The second kappa shape index (κ2) is 10.4. The Labute approximate surface area is 139 Å². The van der Waals surface area contributed by atoms with E-state index < -0.39 is 6.61 Å². The molecule has 0 aliphatic rings. The lowest BCUT2D eigenvalue weighted by molar-refractivity contribution is -0.0512. The van der Waals surface area contributed by atoms with Gasteiger partial charge in [0, 0.05) is 6.54 Å². The predicted octanol–water partition coefficient (Wildman–Crippen LogP) is 2.73. The van der Waals surface area contributed by atoms with E-state index in [1.807, 2.05) is 6.92 Å². The molecular weight excluding hydrogens is 395 g/mol. The quantitative estimate of drug-likeness (QED) is 0.408. The van der Waals surface area contributed by atoms with Gasteiger partial charge in [-0.1, -0.05) is 13.0 Å². The number of halogens is 3. The van der Waals surface area contributed by atoms with Crippen LogP contribution in [0.4, 0.5) is 8.78 Å². The molecule has 0 amide bonds. The summed E-state index contributed by atoms with van der Waals surface area (Å²) in [7, 11) is 1.39. The van der Waals surface area contributed by atoms with Gasteiger partial charge in [-0.15, -0.1) is 24.0 Å². The maximum absolute atomic E-state index is 12.3. The molecule has 0 atom stereocenters. The summed E-state index contributed by atoms with van der Waals surface area (Å²) in [5.41, 5.74) is 6.34. The average molecular weight is 415 g/mol. The number of nitrogens with zero attached hydrogens (tertiary/aromatic N) is 1. The fourth-order valence-corrected chi connectivity index (χ4v) is 1.49. The topological polar surface area (TPSA) is 68.9 Å². The number of nitrogens with two attached hydrogens (primary N) is 1. The number of aliphatic imine (C=N–C) groups is 1. The third-order valence-electron chi connectivity index (χ3n) is 2.43. The number of rotatable bonds is 7.